The summed E-state index contributed by atoms with van der Waals surface area (Å²) in [6, 6.07) is 18.6. The maximum absolute atomic E-state index is 13.4. The highest BCUT2D eigenvalue weighted by molar-refractivity contribution is 5.56. The molecule has 3 aromatic rings. The molecule has 0 bridgehead atoms. The van der Waals surface area contributed by atoms with Crippen molar-refractivity contribution >= 4 is 5.69 Å². The van der Waals surface area contributed by atoms with Crippen LogP contribution in [0.15, 0.2) is 73.1 Å². The van der Waals surface area contributed by atoms with E-state index in [4.69, 9.17) is 0 Å². The SMILES string of the molecule is OC(c1cccnc1)c1ccccc1N1CCN(Cc2cccc(F)c2)CC1. The van der Waals surface area contributed by atoms with Crippen molar-refractivity contribution in [3.05, 3.63) is 95.6 Å². The summed E-state index contributed by atoms with van der Waals surface area (Å²) in [6.07, 6.45) is 2.72. The zero-order valence-electron chi connectivity index (χ0n) is 15.7. The van der Waals surface area contributed by atoms with Crippen LogP contribution in [0.3, 0.4) is 0 Å². The molecular formula is C23H24FN3O. The van der Waals surface area contributed by atoms with Gasteiger partial charge >= 0.3 is 0 Å². The van der Waals surface area contributed by atoms with Gasteiger partial charge in [-0.05, 0) is 29.8 Å². The number of pyridine rings is 1. The smallest absolute Gasteiger partial charge is 0.123 e. The first-order chi connectivity index (χ1) is 13.7. The predicted octanol–water partition coefficient (Wildman–Crippen LogP) is 3.62. The van der Waals surface area contributed by atoms with Crippen LogP contribution >= 0.6 is 0 Å². The Labute approximate surface area is 164 Å². The number of nitrogens with zero attached hydrogens (tertiary/aromatic N) is 3. The van der Waals surface area contributed by atoms with Crippen LogP contribution < -0.4 is 4.90 Å². The van der Waals surface area contributed by atoms with Gasteiger partial charge in [0.05, 0.1) is 0 Å². The van der Waals surface area contributed by atoms with Crippen molar-refractivity contribution in [2.24, 2.45) is 0 Å². The third-order valence-corrected chi connectivity index (χ3v) is 5.24. The van der Waals surface area contributed by atoms with Crippen LogP contribution in [0.2, 0.25) is 0 Å². The van der Waals surface area contributed by atoms with Crippen LogP contribution in [-0.4, -0.2) is 41.2 Å². The average Bonchev–Trinajstić information content (AvgIpc) is 2.74. The van der Waals surface area contributed by atoms with Crippen LogP contribution in [0.5, 0.6) is 0 Å². The van der Waals surface area contributed by atoms with Gasteiger partial charge < -0.3 is 10.0 Å². The highest BCUT2D eigenvalue weighted by Crippen LogP contribution is 2.31. The average molecular weight is 377 g/mol. The predicted molar refractivity (Wildman–Crippen MR) is 109 cm³/mol. The van der Waals surface area contributed by atoms with E-state index in [0.29, 0.717) is 0 Å². The topological polar surface area (TPSA) is 39.6 Å². The molecule has 4 rings (SSSR count). The quantitative estimate of drug-likeness (QED) is 0.737. The maximum atomic E-state index is 13.4. The molecule has 0 aliphatic carbocycles. The number of aliphatic hydroxyl groups is 1. The summed E-state index contributed by atoms with van der Waals surface area (Å²) in [5, 5.41) is 10.9. The van der Waals surface area contributed by atoms with Gasteiger partial charge in [-0.15, -0.1) is 0 Å². The molecule has 28 heavy (non-hydrogen) atoms. The summed E-state index contributed by atoms with van der Waals surface area (Å²) in [7, 11) is 0. The van der Waals surface area contributed by atoms with E-state index in [-0.39, 0.29) is 5.82 Å². The molecule has 4 nitrogen and oxygen atoms in total. The number of rotatable bonds is 5. The molecule has 5 heteroatoms. The molecule has 2 heterocycles. The van der Waals surface area contributed by atoms with Gasteiger partial charge in [-0.3, -0.25) is 9.88 Å². The molecular weight excluding hydrogens is 353 g/mol. The van der Waals surface area contributed by atoms with Gasteiger partial charge in [0, 0.05) is 61.9 Å². The third kappa shape index (κ3) is 4.21. The number of benzene rings is 2. The first kappa shape index (κ1) is 18.6. The summed E-state index contributed by atoms with van der Waals surface area (Å²) in [5.41, 5.74) is 3.75. The number of aliphatic hydroxyl groups excluding tert-OH is 1. The first-order valence-corrected chi connectivity index (χ1v) is 9.59. The molecule has 1 atom stereocenters. The number of para-hydroxylation sites is 1. The van der Waals surface area contributed by atoms with Crippen LogP contribution in [0.4, 0.5) is 10.1 Å². The second-order valence-corrected chi connectivity index (χ2v) is 7.14. The van der Waals surface area contributed by atoms with Crippen LogP contribution in [0, 0.1) is 5.82 Å². The van der Waals surface area contributed by atoms with Crippen molar-refractivity contribution in [3.8, 4) is 0 Å². The lowest BCUT2D eigenvalue weighted by atomic mass is 10.00. The minimum atomic E-state index is -0.699. The zero-order chi connectivity index (χ0) is 19.3. The molecule has 0 radical (unpaired) electrons. The second-order valence-electron chi connectivity index (χ2n) is 7.14. The fourth-order valence-corrected chi connectivity index (χ4v) is 3.76. The standard InChI is InChI=1S/C23H24FN3O/c24-20-7-3-5-18(15-20)17-26-11-13-27(14-12-26)22-9-2-1-8-21(22)23(28)19-6-4-10-25-16-19/h1-10,15-16,23,28H,11-14,17H2. The Morgan fingerprint density at radius 2 is 1.79 bits per heavy atom. The minimum absolute atomic E-state index is 0.186. The Hall–Kier alpha value is -2.76. The summed E-state index contributed by atoms with van der Waals surface area (Å²) < 4.78 is 13.4. The molecule has 0 spiro atoms. The molecule has 1 unspecified atom stereocenters. The van der Waals surface area contributed by atoms with Crippen molar-refractivity contribution in [2.75, 3.05) is 31.1 Å². The summed E-state index contributed by atoms with van der Waals surface area (Å²) in [6.45, 7) is 4.28. The fraction of sp³-hybridized carbons (Fsp3) is 0.261. The van der Waals surface area contributed by atoms with Gasteiger partial charge in [0.2, 0.25) is 0 Å². The summed E-state index contributed by atoms with van der Waals surface area (Å²) >= 11 is 0. The molecule has 1 aliphatic rings. The van der Waals surface area contributed by atoms with Crippen molar-refractivity contribution in [1.29, 1.82) is 0 Å². The number of hydrogen-bond donors (Lipinski definition) is 1. The van der Waals surface area contributed by atoms with E-state index in [1.54, 1.807) is 24.5 Å². The number of anilines is 1. The molecule has 1 N–H and O–H groups in total. The molecule has 144 valence electrons. The lowest BCUT2D eigenvalue weighted by Gasteiger charge is -2.37. The Bertz CT molecular complexity index is 910. The van der Waals surface area contributed by atoms with Gasteiger partial charge in [0.25, 0.3) is 0 Å². The van der Waals surface area contributed by atoms with Gasteiger partial charge in [0.15, 0.2) is 0 Å². The third-order valence-electron chi connectivity index (χ3n) is 5.24. The Kier molecular flexibility index (Phi) is 5.65. The maximum Gasteiger partial charge on any atom is 0.123 e. The van der Waals surface area contributed by atoms with Crippen molar-refractivity contribution < 1.29 is 9.50 Å². The number of hydrogen-bond acceptors (Lipinski definition) is 4. The second kappa shape index (κ2) is 8.50. The van der Waals surface area contributed by atoms with Gasteiger partial charge in [0.1, 0.15) is 11.9 Å². The monoisotopic (exact) mass is 377 g/mol. The van der Waals surface area contributed by atoms with E-state index < -0.39 is 6.10 Å². The molecule has 1 aromatic heterocycles. The molecule has 1 aliphatic heterocycles. The van der Waals surface area contributed by atoms with Gasteiger partial charge in [-0.25, -0.2) is 4.39 Å². The highest BCUT2D eigenvalue weighted by atomic mass is 19.1. The molecule has 0 amide bonds. The van der Waals surface area contributed by atoms with Crippen LogP contribution in [-0.2, 0) is 6.54 Å². The van der Waals surface area contributed by atoms with E-state index in [1.165, 1.54) is 6.07 Å². The largest absolute Gasteiger partial charge is 0.384 e. The van der Waals surface area contributed by atoms with E-state index in [9.17, 15) is 9.50 Å². The Morgan fingerprint density at radius 3 is 2.54 bits per heavy atom. The molecule has 0 saturated carbocycles. The number of halogens is 1. The minimum Gasteiger partial charge on any atom is -0.384 e. The first-order valence-electron chi connectivity index (χ1n) is 9.59. The van der Waals surface area contributed by atoms with Crippen molar-refractivity contribution in [3.63, 3.8) is 0 Å². The van der Waals surface area contributed by atoms with Crippen LogP contribution in [0.1, 0.15) is 22.8 Å². The van der Waals surface area contributed by atoms with E-state index in [2.05, 4.69) is 20.9 Å². The zero-order valence-corrected chi connectivity index (χ0v) is 15.7. The van der Waals surface area contributed by atoms with Crippen LogP contribution in [0.25, 0.3) is 0 Å². The highest BCUT2D eigenvalue weighted by Gasteiger charge is 2.22. The molecule has 1 saturated heterocycles. The van der Waals surface area contributed by atoms with Gasteiger partial charge in [-0.1, -0.05) is 36.4 Å². The Morgan fingerprint density at radius 1 is 0.964 bits per heavy atom. The van der Waals surface area contributed by atoms with Crippen molar-refractivity contribution in [1.82, 2.24) is 9.88 Å². The number of aromatic nitrogens is 1. The fourth-order valence-electron chi connectivity index (χ4n) is 3.76. The van der Waals surface area contributed by atoms with Gasteiger partial charge in [-0.2, -0.15) is 0 Å². The van der Waals surface area contributed by atoms with E-state index in [0.717, 1.165) is 55.1 Å². The normalized spacial score (nSPS) is 16.1. The molecule has 2 aromatic carbocycles. The summed E-state index contributed by atoms with van der Waals surface area (Å²) in [5.74, 6) is -0.186. The molecule has 1 fully saturated rings. The summed E-state index contributed by atoms with van der Waals surface area (Å²) in [4.78, 5) is 8.78. The Balaban J connectivity index is 1.45. The van der Waals surface area contributed by atoms with E-state index in [1.807, 2.05) is 36.4 Å². The lowest BCUT2D eigenvalue weighted by molar-refractivity contribution is 0.218. The van der Waals surface area contributed by atoms with E-state index >= 15 is 0 Å². The van der Waals surface area contributed by atoms with Crippen molar-refractivity contribution in [2.45, 2.75) is 12.6 Å². The lowest BCUT2D eigenvalue weighted by Crippen LogP contribution is -2.46. The number of piperazine rings is 1.